The van der Waals surface area contributed by atoms with Crippen LogP contribution in [0.3, 0.4) is 0 Å². The average molecular weight is 873 g/mol. The van der Waals surface area contributed by atoms with Gasteiger partial charge in [0.05, 0.1) is 22.8 Å². The molecule has 2 aliphatic rings. The molecule has 0 N–H and O–H groups in total. The zero-order chi connectivity index (χ0) is 45.7. The molecule has 0 radical (unpaired) electrons. The van der Waals surface area contributed by atoms with Crippen LogP contribution in [0.1, 0.15) is 47.1 Å². The molecule has 0 saturated heterocycles. The molecular formula is C64H48N4. The van der Waals surface area contributed by atoms with Crippen LogP contribution >= 0.6 is 0 Å². The molecular weight excluding hydrogens is 825 g/mol. The Hall–Kier alpha value is -8.60. The third-order valence-corrected chi connectivity index (χ3v) is 12.7. The summed E-state index contributed by atoms with van der Waals surface area (Å²) in [5.74, 6) is 1.41. The maximum Gasteiger partial charge on any atom is 0.160 e. The fraction of sp³-hybridized carbons (Fsp3) is 0.0625. The molecule has 2 heterocycles. The van der Waals surface area contributed by atoms with Gasteiger partial charge in [0.1, 0.15) is 0 Å². The zero-order valence-electron chi connectivity index (χ0n) is 37.9. The van der Waals surface area contributed by atoms with E-state index in [2.05, 4.69) is 213 Å². The number of hydrogen-bond acceptors (Lipinski definition) is 4. The predicted molar refractivity (Wildman–Crippen MR) is 284 cm³/mol. The van der Waals surface area contributed by atoms with E-state index < -0.39 is 0 Å². The van der Waals surface area contributed by atoms with E-state index in [1.54, 1.807) is 0 Å². The number of rotatable bonds is 10. The van der Waals surface area contributed by atoms with Gasteiger partial charge in [-0.1, -0.05) is 200 Å². The lowest BCUT2D eigenvalue weighted by atomic mass is 9.91. The van der Waals surface area contributed by atoms with Crippen LogP contribution in [0.4, 0.5) is 0 Å². The molecule has 324 valence electrons. The highest BCUT2D eigenvalue weighted by Crippen LogP contribution is 2.37. The van der Waals surface area contributed by atoms with Crippen LogP contribution in [0, 0.1) is 6.92 Å². The molecule has 11 rings (SSSR count). The van der Waals surface area contributed by atoms with Gasteiger partial charge in [-0.3, -0.25) is 0 Å². The maximum absolute atomic E-state index is 5.48. The van der Waals surface area contributed by atoms with Gasteiger partial charge in [-0.2, -0.15) is 0 Å². The number of aliphatic imine (C=N–C) groups is 2. The largest absolute Gasteiger partial charge is 0.232 e. The smallest absolute Gasteiger partial charge is 0.160 e. The molecule has 0 spiro atoms. The van der Waals surface area contributed by atoms with Crippen LogP contribution in [-0.2, 0) is 0 Å². The number of nitrogens with zero attached hydrogens (tertiary/aromatic N) is 4. The van der Waals surface area contributed by atoms with E-state index in [1.165, 1.54) is 11.1 Å². The van der Waals surface area contributed by atoms with Crippen molar-refractivity contribution in [3.05, 3.63) is 264 Å². The SMILES string of the molecule is Cc1c(-c2ccccc2)nc(-c2ccccc2)nc1-c1cccc(-c2cccc(-c3cc(C4=NC(c5cccc(C6=CCCC=C6)c5)=NC(c5ccccc5)=CC4)cc(-c4ccccc4)c3)c2)c1. The van der Waals surface area contributed by atoms with Gasteiger partial charge in [0.2, 0.25) is 0 Å². The predicted octanol–water partition coefficient (Wildman–Crippen LogP) is 16.2. The van der Waals surface area contributed by atoms with Crippen LogP contribution in [0.2, 0.25) is 0 Å². The van der Waals surface area contributed by atoms with Gasteiger partial charge in [-0.05, 0) is 112 Å². The molecule has 68 heavy (non-hydrogen) atoms. The van der Waals surface area contributed by atoms with Crippen molar-refractivity contribution in [2.24, 2.45) is 9.98 Å². The first kappa shape index (κ1) is 42.1. The van der Waals surface area contributed by atoms with Gasteiger partial charge < -0.3 is 0 Å². The molecule has 1 aliphatic carbocycles. The Morgan fingerprint density at radius 3 is 1.47 bits per heavy atom. The van der Waals surface area contributed by atoms with Crippen LogP contribution < -0.4 is 0 Å². The number of hydrogen-bond donors (Lipinski definition) is 0. The minimum Gasteiger partial charge on any atom is -0.232 e. The molecule has 0 fully saturated rings. The Morgan fingerprint density at radius 2 is 0.824 bits per heavy atom. The first-order chi connectivity index (χ1) is 33.6. The quantitative estimate of drug-likeness (QED) is 0.137. The Morgan fingerprint density at radius 1 is 0.353 bits per heavy atom. The Kier molecular flexibility index (Phi) is 11.8. The van der Waals surface area contributed by atoms with Crippen LogP contribution in [0.15, 0.2) is 247 Å². The summed E-state index contributed by atoms with van der Waals surface area (Å²) in [5.41, 5.74) is 20.1. The van der Waals surface area contributed by atoms with Crippen LogP contribution in [0.25, 0.3) is 78.6 Å². The van der Waals surface area contributed by atoms with E-state index >= 15 is 0 Å². The normalized spacial score (nSPS) is 13.5. The summed E-state index contributed by atoms with van der Waals surface area (Å²) in [5, 5.41) is 0. The minimum atomic E-state index is 0.621. The maximum atomic E-state index is 5.48. The van der Waals surface area contributed by atoms with E-state index in [0.29, 0.717) is 18.1 Å². The summed E-state index contributed by atoms with van der Waals surface area (Å²) < 4.78 is 0. The highest BCUT2D eigenvalue weighted by Gasteiger charge is 2.19. The Balaban J connectivity index is 1.01. The highest BCUT2D eigenvalue weighted by atomic mass is 14.9. The number of aromatic nitrogens is 2. The zero-order valence-corrected chi connectivity index (χ0v) is 37.9. The summed E-state index contributed by atoms with van der Waals surface area (Å²) in [6, 6.07) is 74.9. The first-order valence-electron chi connectivity index (χ1n) is 23.4. The monoisotopic (exact) mass is 872 g/mol. The van der Waals surface area contributed by atoms with Gasteiger partial charge in [0.25, 0.3) is 0 Å². The standard InChI is InChI=1S/C64H48N4/c1-44-61(48-26-13-5-14-27-48)67-63(49-28-15-6-16-29-49)68-62(44)54-34-18-32-52(39-54)51-31-17-33-53(38-51)57-41-56(46-22-9-3-10-23-46)42-58(43-57)60-37-36-59(47-24-11-4-12-25-47)65-64(66-60)55-35-19-30-50(40-55)45-20-7-2-8-21-45/h3-7,9-36,38-43H,2,8,37H2,1H3. The fourth-order valence-corrected chi connectivity index (χ4v) is 9.19. The van der Waals surface area contributed by atoms with Crippen molar-refractivity contribution in [3.8, 4) is 67.3 Å². The van der Waals surface area contributed by atoms with Crippen LogP contribution in [0.5, 0.6) is 0 Å². The lowest BCUT2D eigenvalue weighted by Crippen LogP contribution is -2.06. The van der Waals surface area contributed by atoms with Gasteiger partial charge >= 0.3 is 0 Å². The van der Waals surface area contributed by atoms with Crippen molar-refractivity contribution in [2.45, 2.75) is 26.2 Å². The van der Waals surface area contributed by atoms with Crippen molar-refractivity contribution >= 4 is 22.8 Å². The molecule has 0 amide bonds. The summed E-state index contributed by atoms with van der Waals surface area (Å²) in [6.45, 7) is 2.13. The number of amidine groups is 1. The van der Waals surface area contributed by atoms with Gasteiger partial charge in [-0.25, -0.2) is 20.0 Å². The van der Waals surface area contributed by atoms with E-state index in [-0.39, 0.29) is 0 Å². The second kappa shape index (κ2) is 19.1. The van der Waals surface area contributed by atoms with Crippen LogP contribution in [-0.4, -0.2) is 21.5 Å². The van der Waals surface area contributed by atoms with Gasteiger partial charge in [-0.15, -0.1) is 0 Å². The fourth-order valence-electron chi connectivity index (χ4n) is 9.19. The van der Waals surface area contributed by atoms with E-state index in [4.69, 9.17) is 20.0 Å². The lowest BCUT2D eigenvalue weighted by Gasteiger charge is -2.15. The van der Waals surface area contributed by atoms with E-state index in [9.17, 15) is 0 Å². The molecule has 0 saturated carbocycles. The number of benzene rings is 8. The Labute approximate surface area is 398 Å². The topological polar surface area (TPSA) is 50.5 Å². The molecule has 0 unspecified atom stereocenters. The van der Waals surface area contributed by atoms with Crippen molar-refractivity contribution in [1.29, 1.82) is 0 Å². The second-order valence-corrected chi connectivity index (χ2v) is 17.3. The second-order valence-electron chi connectivity index (χ2n) is 17.3. The third kappa shape index (κ3) is 9.00. The van der Waals surface area contributed by atoms with E-state index in [1.807, 2.05) is 30.3 Å². The number of allylic oxidation sites excluding steroid dienone is 5. The third-order valence-electron chi connectivity index (χ3n) is 12.7. The van der Waals surface area contributed by atoms with Crippen molar-refractivity contribution in [3.63, 3.8) is 0 Å². The summed E-state index contributed by atoms with van der Waals surface area (Å²) in [6.07, 6.45) is 11.8. The average Bonchev–Trinajstić information content (AvgIpc) is 3.66. The van der Waals surface area contributed by atoms with Gasteiger partial charge in [0, 0.05) is 34.2 Å². The molecule has 4 heteroatoms. The van der Waals surface area contributed by atoms with Crippen molar-refractivity contribution in [1.82, 2.24) is 9.97 Å². The molecule has 4 nitrogen and oxygen atoms in total. The van der Waals surface area contributed by atoms with Gasteiger partial charge in [0.15, 0.2) is 11.7 Å². The first-order valence-corrected chi connectivity index (χ1v) is 23.4. The van der Waals surface area contributed by atoms with E-state index in [0.717, 1.165) is 108 Å². The van der Waals surface area contributed by atoms with Crippen molar-refractivity contribution in [2.75, 3.05) is 0 Å². The summed E-state index contributed by atoms with van der Waals surface area (Å²) in [4.78, 5) is 21.1. The minimum absolute atomic E-state index is 0.621. The highest BCUT2D eigenvalue weighted by molar-refractivity contribution is 6.16. The molecule has 0 atom stereocenters. The molecule has 0 bridgehead atoms. The molecule has 1 aromatic heterocycles. The molecule has 8 aromatic carbocycles. The molecule has 9 aromatic rings. The Bertz CT molecular complexity index is 3450. The summed E-state index contributed by atoms with van der Waals surface area (Å²) >= 11 is 0. The molecule has 1 aliphatic heterocycles. The lowest BCUT2D eigenvalue weighted by molar-refractivity contribution is 1.04. The van der Waals surface area contributed by atoms with Crippen molar-refractivity contribution < 1.29 is 0 Å². The summed E-state index contributed by atoms with van der Waals surface area (Å²) in [7, 11) is 0.